The molecule has 2 aromatic rings. The molecule has 0 spiro atoms. The standard InChI is InChI=1S/C21H26N2O4/c1-25-19-9-7-18(8-10-19)20(23-11-13-26-14-12-23)15-22-21(24)27-16-17-5-3-2-4-6-17/h2-10,20H,11-16H2,1H3,(H,22,24). The minimum Gasteiger partial charge on any atom is -0.497 e. The summed E-state index contributed by atoms with van der Waals surface area (Å²) in [5.74, 6) is 0.815. The summed E-state index contributed by atoms with van der Waals surface area (Å²) in [5.41, 5.74) is 2.09. The summed E-state index contributed by atoms with van der Waals surface area (Å²) >= 11 is 0. The number of carbonyl (C=O) groups is 1. The van der Waals surface area contributed by atoms with Crippen LogP contribution in [0, 0.1) is 0 Å². The van der Waals surface area contributed by atoms with Crippen LogP contribution in [0.5, 0.6) is 5.75 Å². The molecule has 6 heteroatoms. The van der Waals surface area contributed by atoms with E-state index in [0.29, 0.717) is 19.8 Å². The molecule has 0 aliphatic carbocycles. The van der Waals surface area contributed by atoms with E-state index in [1.165, 1.54) is 0 Å². The molecule has 0 bridgehead atoms. The quantitative estimate of drug-likeness (QED) is 0.812. The van der Waals surface area contributed by atoms with Gasteiger partial charge in [0.2, 0.25) is 0 Å². The lowest BCUT2D eigenvalue weighted by atomic mass is 10.0. The zero-order valence-electron chi connectivity index (χ0n) is 15.6. The number of rotatable bonds is 7. The van der Waals surface area contributed by atoms with Crippen LogP contribution in [0.3, 0.4) is 0 Å². The molecule has 1 N–H and O–H groups in total. The molecule has 2 aromatic carbocycles. The van der Waals surface area contributed by atoms with Crippen LogP contribution in [0.25, 0.3) is 0 Å². The summed E-state index contributed by atoms with van der Waals surface area (Å²) in [6.45, 7) is 3.79. The predicted molar refractivity (Wildman–Crippen MR) is 103 cm³/mol. The van der Waals surface area contributed by atoms with Crippen molar-refractivity contribution in [3.8, 4) is 5.75 Å². The van der Waals surface area contributed by atoms with E-state index in [0.717, 1.165) is 30.0 Å². The minimum absolute atomic E-state index is 0.0593. The van der Waals surface area contributed by atoms with Crippen LogP contribution in [-0.4, -0.2) is 51.0 Å². The van der Waals surface area contributed by atoms with Gasteiger partial charge in [-0.2, -0.15) is 0 Å². The van der Waals surface area contributed by atoms with Crippen LogP contribution >= 0.6 is 0 Å². The Morgan fingerprint density at radius 1 is 1.11 bits per heavy atom. The van der Waals surface area contributed by atoms with Crippen molar-refractivity contribution in [2.75, 3.05) is 40.0 Å². The Labute approximate surface area is 160 Å². The van der Waals surface area contributed by atoms with Crippen LogP contribution in [-0.2, 0) is 16.1 Å². The molecule has 1 atom stereocenters. The highest BCUT2D eigenvalue weighted by Gasteiger charge is 2.23. The molecule has 1 saturated heterocycles. The molecule has 3 rings (SSSR count). The van der Waals surface area contributed by atoms with Gasteiger partial charge in [-0.1, -0.05) is 42.5 Å². The first-order valence-corrected chi connectivity index (χ1v) is 9.16. The summed E-state index contributed by atoms with van der Waals surface area (Å²) in [4.78, 5) is 14.5. The fraction of sp³-hybridized carbons (Fsp3) is 0.381. The summed E-state index contributed by atoms with van der Waals surface area (Å²) < 4.78 is 16.0. The zero-order chi connectivity index (χ0) is 18.9. The molecule has 0 aromatic heterocycles. The fourth-order valence-corrected chi connectivity index (χ4v) is 3.13. The molecule has 1 unspecified atom stereocenters. The maximum absolute atomic E-state index is 12.1. The van der Waals surface area contributed by atoms with Gasteiger partial charge in [0.05, 0.1) is 26.4 Å². The largest absolute Gasteiger partial charge is 0.497 e. The molecule has 144 valence electrons. The first-order chi connectivity index (χ1) is 13.3. The molecule has 1 heterocycles. The van der Waals surface area contributed by atoms with Gasteiger partial charge in [-0.3, -0.25) is 4.90 Å². The van der Waals surface area contributed by atoms with Crippen molar-refractivity contribution in [1.82, 2.24) is 10.2 Å². The number of carbonyl (C=O) groups excluding carboxylic acids is 1. The Hall–Kier alpha value is -2.57. The Morgan fingerprint density at radius 2 is 1.81 bits per heavy atom. The van der Waals surface area contributed by atoms with E-state index in [-0.39, 0.29) is 12.6 Å². The Morgan fingerprint density at radius 3 is 2.48 bits per heavy atom. The SMILES string of the molecule is COc1ccc(C(CNC(=O)OCc2ccccc2)N2CCOCC2)cc1. The van der Waals surface area contributed by atoms with Crippen LogP contribution in [0.4, 0.5) is 4.79 Å². The predicted octanol–water partition coefficient (Wildman–Crippen LogP) is 2.99. The number of hydrogen-bond acceptors (Lipinski definition) is 5. The van der Waals surface area contributed by atoms with E-state index >= 15 is 0 Å². The van der Waals surface area contributed by atoms with Gasteiger partial charge in [-0.25, -0.2) is 4.79 Å². The normalized spacial score (nSPS) is 15.7. The van der Waals surface area contributed by atoms with Crippen molar-refractivity contribution in [2.45, 2.75) is 12.6 Å². The number of nitrogens with zero attached hydrogens (tertiary/aromatic N) is 1. The monoisotopic (exact) mass is 370 g/mol. The van der Waals surface area contributed by atoms with Crippen LogP contribution in [0.15, 0.2) is 54.6 Å². The number of hydrogen-bond donors (Lipinski definition) is 1. The van der Waals surface area contributed by atoms with Crippen LogP contribution in [0.1, 0.15) is 17.2 Å². The minimum atomic E-state index is -0.411. The lowest BCUT2D eigenvalue weighted by molar-refractivity contribution is 0.0159. The first kappa shape index (κ1) is 19.2. The third-order valence-corrected chi connectivity index (χ3v) is 4.64. The van der Waals surface area contributed by atoms with E-state index in [1.807, 2.05) is 54.6 Å². The maximum atomic E-state index is 12.1. The lowest BCUT2D eigenvalue weighted by Crippen LogP contribution is -2.43. The van der Waals surface area contributed by atoms with Gasteiger partial charge >= 0.3 is 6.09 Å². The number of methoxy groups -OCH3 is 1. The summed E-state index contributed by atoms with van der Waals surface area (Å²) in [6, 6.07) is 17.7. The summed E-state index contributed by atoms with van der Waals surface area (Å²) in [5, 5.41) is 2.90. The molecule has 1 aliphatic heterocycles. The van der Waals surface area contributed by atoms with E-state index < -0.39 is 6.09 Å². The van der Waals surface area contributed by atoms with Crippen molar-refractivity contribution in [2.24, 2.45) is 0 Å². The molecule has 1 fully saturated rings. The topological polar surface area (TPSA) is 60.0 Å². The second-order valence-electron chi connectivity index (χ2n) is 6.38. The van der Waals surface area contributed by atoms with Gasteiger partial charge < -0.3 is 19.5 Å². The van der Waals surface area contributed by atoms with E-state index in [1.54, 1.807) is 7.11 Å². The van der Waals surface area contributed by atoms with E-state index in [2.05, 4.69) is 10.2 Å². The van der Waals surface area contributed by atoms with Gasteiger partial charge in [0.1, 0.15) is 12.4 Å². The number of nitrogens with one attached hydrogen (secondary N) is 1. The molecular formula is C21H26N2O4. The van der Waals surface area contributed by atoms with Crippen molar-refractivity contribution >= 4 is 6.09 Å². The third kappa shape index (κ3) is 5.70. The highest BCUT2D eigenvalue weighted by atomic mass is 16.5. The van der Waals surface area contributed by atoms with Gasteiger partial charge in [0.15, 0.2) is 0 Å². The van der Waals surface area contributed by atoms with Gasteiger partial charge in [-0.05, 0) is 23.3 Å². The van der Waals surface area contributed by atoms with Crippen molar-refractivity contribution in [3.63, 3.8) is 0 Å². The number of ether oxygens (including phenoxy) is 3. The molecule has 1 amide bonds. The van der Waals surface area contributed by atoms with Crippen LogP contribution in [0.2, 0.25) is 0 Å². The smallest absolute Gasteiger partial charge is 0.407 e. The summed E-state index contributed by atoms with van der Waals surface area (Å²) in [7, 11) is 1.65. The third-order valence-electron chi connectivity index (χ3n) is 4.64. The van der Waals surface area contributed by atoms with Crippen molar-refractivity contribution < 1.29 is 19.0 Å². The molecule has 0 radical (unpaired) electrons. The highest BCUT2D eigenvalue weighted by Crippen LogP contribution is 2.23. The second kappa shape index (κ2) is 9.94. The average Bonchev–Trinajstić information content (AvgIpc) is 2.74. The molecule has 1 aliphatic rings. The van der Waals surface area contributed by atoms with E-state index in [9.17, 15) is 4.79 Å². The van der Waals surface area contributed by atoms with Crippen molar-refractivity contribution in [3.05, 3.63) is 65.7 Å². The number of amides is 1. The lowest BCUT2D eigenvalue weighted by Gasteiger charge is -2.34. The van der Waals surface area contributed by atoms with Crippen LogP contribution < -0.4 is 10.1 Å². The number of alkyl carbamates (subject to hydrolysis) is 1. The zero-order valence-corrected chi connectivity index (χ0v) is 15.6. The van der Waals surface area contributed by atoms with Gasteiger partial charge in [0, 0.05) is 19.6 Å². The van der Waals surface area contributed by atoms with Crippen molar-refractivity contribution in [1.29, 1.82) is 0 Å². The maximum Gasteiger partial charge on any atom is 0.407 e. The summed E-state index contributed by atoms with van der Waals surface area (Å²) in [6.07, 6.45) is -0.411. The Bertz CT molecular complexity index is 700. The molecule has 6 nitrogen and oxygen atoms in total. The molecular weight excluding hydrogens is 344 g/mol. The second-order valence-corrected chi connectivity index (χ2v) is 6.38. The molecule has 0 saturated carbocycles. The highest BCUT2D eigenvalue weighted by molar-refractivity contribution is 5.67. The fourth-order valence-electron chi connectivity index (χ4n) is 3.13. The number of benzene rings is 2. The van der Waals surface area contributed by atoms with Gasteiger partial charge in [-0.15, -0.1) is 0 Å². The Kier molecular flexibility index (Phi) is 7.07. The average molecular weight is 370 g/mol. The van der Waals surface area contributed by atoms with E-state index in [4.69, 9.17) is 14.2 Å². The first-order valence-electron chi connectivity index (χ1n) is 9.16. The van der Waals surface area contributed by atoms with Gasteiger partial charge in [0.25, 0.3) is 0 Å². The molecule has 27 heavy (non-hydrogen) atoms. The Balaban J connectivity index is 1.59. The number of morpholine rings is 1.